The molecule has 1 heterocycles. The number of aryl methyl sites for hydroxylation is 1. The van der Waals surface area contributed by atoms with Gasteiger partial charge in [0.15, 0.2) is 0 Å². The van der Waals surface area contributed by atoms with Crippen LogP contribution in [-0.2, 0) is 6.54 Å². The molecule has 1 heteroatoms. The van der Waals surface area contributed by atoms with Gasteiger partial charge in [-0.15, -0.1) is 0 Å². The van der Waals surface area contributed by atoms with Crippen LogP contribution in [-0.4, -0.2) is 4.57 Å². The predicted octanol–water partition coefficient (Wildman–Crippen LogP) is 4.64. The van der Waals surface area contributed by atoms with E-state index >= 15 is 0 Å². The van der Waals surface area contributed by atoms with Gasteiger partial charge in [-0.1, -0.05) is 55.1 Å². The Morgan fingerprint density at radius 3 is 2.63 bits per heavy atom. The Morgan fingerprint density at radius 2 is 1.89 bits per heavy atom. The molecule has 0 saturated carbocycles. The third-order valence-electron chi connectivity index (χ3n) is 3.48. The summed E-state index contributed by atoms with van der Waals surface area (Å²) in [7, 11) is 0. The smallest absolute Gasteiger partial charge is 0.0492 e. The van der Waals surface area contributed by atoms with Crippen molar-refractivity contribution in [1.29, 1.82) is 0 Å². The molecule has 0 aliphatic carbocycles. The number of aromatic nitrogens is 1. The van der Waals surface area contributed by atoms with Crippen LogP contribution < -0.4 is 0 Å². The number of benzene rings is 2. The van der Waals surface area contributed by atoms with Crippen molar-refractivity contribution in [2.75, 3.05) is 0 Å². The molecule has 2 aromatic carbocycles. The van der Waals surface area contributed by atoms with E-state index in [1.54, 1.807) is 0 Å². The number of hydrogen-bond acceptors (Lipinski definition) is 0. The quantitative estimate of drug-likeness (QED) is 0.635. The third kappa shape index (κ3) is 2.19. The van der Waals surface area contributed by atoms with Gasteiger partial charge in [-0.05, 0) is 29.7 Å². The molecule has 0 N–H and O–H groups in total. The molecule has 0 aliphatic rings. The molecule has 0 spiro atoms. The van der Waals surface area contributed by atoms with Gasteiger partial charge in [-0.2, -0.15) is 0 Å². The number of nitrogens with zero attached hydrogens (tertiary/aromatic N) is 1. The maximum Gasteiger partial charge on any atom is 0.0492 e. The molecule has 0 amide bonds. The van der Waals surface area contributed by atoms with Crippen LogP contribution in [0.1, 0.15) is 16.7 Å². The van der Waals surface area contributed by atoms with Gasteiger partial charge in [0.2, 0.25) is 0 Å². The number of hydrogen-bond donors (Lipinski definition) is 0. The van der Waals surface area contributed by atoms with Gasteiger partial charge >= 0.3 is 0 Å². The van der Waals surface area contributed by atoms with Gasteiger partial charge in [0.05, 0.1) is 0 Å². The highest BCUT2D eigenvalue weighted by Gasteiger charge is 2.06. The predicted molar refractivity (Wildman–Crippen MR) is 82.3 cm³/mol. The molecule has 94 valence electrons. The normalized spacial score (nSPS) is 10.8. The number of fused-ring (bicyclic) bond motifs is 1. The fourth-order valence-corrected chi connectivity index (χ4v) is 2.50. The highest BCUT2D eigenvalue weighted by molar-refractivity contribution is 5.89. The van der Waals surface area contributed by atoms with Gasteiger partial charge in [0, 0.05) is 23.6 Å². The van der Waals surface area contributed by atoms with Crippen LogP contribution in [0, 0.1) is 6.92 Å². The molecule has 0 aliphatic heterocycles. The lowest BCUT2D eigenvalue weighted by atomic mass is 10.1. The fourth-order valence-electron chi connectivity index (χ4n) is 2.50. The van der Waals surface area contributed by atoms with E-state index in [9.17, 15) is 0 Å². The van der Waals surface area contributed by atoms with E-state index in [1.807, 2.05) is 6.08 Å². The molecule has 0 radical (unpaired) electrons. The van der Waals surface area contributed by atoms with E-state index in [1.165, 1.54) is 27.6 Å². The summed E-state index contributed by atoms with van der Waals surface area (Å²) in [5.74, 6) is 0. The first kappa shape index (κ1) is 11.8. The summed E-state index contributed by atoms with van der Waals surface area (Å²) in [5, 5.41) is 1.27. The molecular formula is C18H17N. The van der Waals surface area contributed by atoms with Crippen LogP contribution in [0.4, 0.5) is 0 Å². The first-order valence-electron chi connectivity index (χ1n) is 6.54. The van der Waals surface area contributed by atoms with Gasteiger partial charge < -0.3 is 4.57 Å². The Morgan fingerprint density at radius 1 is 1.11 bits per heavy atom. The number of rotatable bonds is 3. The standard InChI is InChI=1S/C18H17N/c1-3-16-13-19(12-15-7-5-4-6-8-15)18-11-14(2)9-10-17(16)18/h3-11,13H,1,12H2,2H3. The molecule has 19 heavy (non-hydrogen) atoms. The van der Waals surface area contributed by atoms with Crippen molar-refractivity contribution >= 4 is 17.0 Å². The second-order valence-corrected chi connectivity index (χ2v) is 4.92. The van der Waals surface area contributed by atoms with E-state index in [0.717, 1.165) is 6.54 Å². The topological polar surface area (TPSA) is 4.93 Å². The van der Waals surface area contributed by atoms with Crippen LogP contribution in [0.3, 0.4) is 0 Å². The van der Waals surface area contributed by atoms with Crippen LogP contribution in [0.2, 0.25) is 0 Å². The lowest BCUT2D eigenvalue weighted by Crippen LogP contribution is -1.97. The Balaban J connectivity index is 2.13. The molecular weight excluding hydrogens is 230 g/mol. The molecule has 1 aromatic heterocycles. The molecule has 0 atom stereocenters. The summed E-state index contributed by atoms with van der Waals surface area (Å²) in [6.45, 7) is 6.94. The Labute approximate surface area is 113 Å². The molecule has 0 fully saturated rings. The zero-order chi connectivity index (χ0) is 13.2. The summed E-state index contributed by atoms with van der Waals surface area (Å²) in [5.41, 5.74) is 5.08. The molecule has 0 bridgehead atoms. The van der Waals surface area contributed by atoms with Crippen molar-refractivity contribution in [3.05, 3.63) is 78.0 Å². The Bertz CT molecular complexity index is 720. The first-order valence-corrected chi connectivity index (χ1v) is 6.54. The largest absolute Gasteiger partial charge is 0.342 e. The fraction of sp³-hybridized carbons (Fsp3) is 0.111. The van der Waals surface area contributed by atoms with E-state index < -0.39 is 0 Å². The van der Waals surface area contributed by atoms with Crippen LogP contribution in [0.15, 0.2) is 61.3 Å². The minimum atomic E-state index is 0.897. The maximum atomic E-state index is 3.91. The van der Waals surface area contributed by atoms with Crippen LogP contribution in [0.5, 0.6) is 0 Å². The van der Waals surface area contributed by atoms with Crippen molar-refractivity contribution in [3.63, 3.8) is 0 Å². The minimum Gasteiger partial charge on any atom is -0.342 e. The van der Waals surface area contributed by atoms with Crippen molar-refractivity contribution in [3.8, 4) is 0 Å². The van der Waals surface area contributed by atoms with Crippen molar-refractivity contribution in [1.82, 2.24) is 4.57 Å². The third-order valence-corrected chi connectivity index (χ3v) is 3.48. The van der Waals surface area contributed by atoms with Gasteiger partial charge in [0.25, 0.3) is 0 Å². The van der Waals surface area contributed by atoms with E-state index in [4.69, 9.17) is 0 Å². The zero-order valence-corrected chi connectivity index (χ0v) is 11.1. The SMILES string of the molecule is C=Cc1cn(Cc2ccccc2)c2cc(C)ccc12. The molecule has 3 aromatic rings. The zero-order valence-electron chi connectivity index (χ0n) is 11.1. The second-order valence-electron chi connectivity index (χ2n) is 4.92. The van der Waals surface area contributed by atoms with Crippen LogP contribution >= 0.6 is 0 Å². The average molecular weight is 247 g/mol. The highest BCUT2D eigenvalue weighted by atomic mass is 15.0. The lowest BCUT2D eigenvalue weighted by Gasteiger charge is -2.06. The minimum absolute atomic E-state index is 0.897. The van der Waals surface area contributed by atoms with E-state index in [2.05, 4.69) is 72.8 Å². The average Bonchev–Trinajstić information content (AvgIpc) is 2.77. The lowest BCUT2D eigenvalue weighted by molar-refractivity contribution is 0.836. The summed E-state index contributed by atoms with van der Waals surface area (Å²) in [4.78, 5) is 0. The van der Waals surface area contributed by atoms with E-state index in [-0.39, 0.29) is 0 Å². The van der Waals surface area contributed by atoms with Crippen LogP contribution in [0.25, 0.3) is 17.0 Å². The molecule has 3 rings (SSSR count). The monoisotopic (exact) mass is 247 g/mol. The maximum absolute atomic E-state index is 3.91. The molecule has 1 nitrogen and oxygen atoms in total. The summed E-state index contributed by atoms with van der Waals surface area (Å²) in [6, 6.07) is 17.1. The Hall–Kier alpha value is -2.28. The van der Waals surface area contributed by atoms with Crippen molar-refractivity contribution in [2.24, 2.45) is 0 Å². The summed E-state index contributed by atoms with van der Waals surface area (Å²) >= 11 is 0. The second kappa shape index (κ2) is 4.77. The van der Waals surface area contributed by atoms with Crippen molar-refractivity contribution < 1.29 is 0 Å². The first-order chi connectivity index (χ1) is 9.28. The van der Waals surface area contributed by atoms with E-state index in [0.29, 0.717) is 0 Å². The van der Waals surface area contributed by atoms with Crippen molar-refractivity contribution in [2.45, 2.75) is 13.5 Å². The summed E-state index contributed by atoms with van der Waals surface area (Å²) < 4.78 is 2.30. The molecule has 0 unspecified atom stereocenters. The summed E-state index contributed by atoms with van der Waals surface area (Å²) in [6.07, 6.45) is 4.11. The Kier molecular flexibility index (Phi) is 2.96. The van der Waals surface area contributed by atoms with Gasteiger partial charge in [0.1, 0.15) is 0 Å². The van der Waals surface area contributed by atoms with Gasteiger partial charge in [-0.3, -0.25) is 0 Å². The molecule has 0 saturated heterocycles. The van der Waals surface area contributed by atoms with Gasteiger partial charge in [-0.25, -0.2) is 0 Å². The highest BCUT2D eigenvalue weighted by Crippen LogP contribution is 2.24.